The topological polar surface area (TPSA) is 138 Å². The fourth-order valence-electron chi connectivity index (χ4n) is 3.25. The highest BCUT2D eigenvalue weighted by molar-refractivity contribution is 7.99. The molecule has 0 unspecified atom stereocenters. The van der Waals surface area contributed by atoms with Gasteiger partial charge in [0.05, 0.1) is 55.1 Å². The van der Waals surface area contributed by atoms with Crippen molar-refractivity contribution in [2.75, 3.05) is 54.2 Å². The van der Waals surface area contributed by atoms with Crippen molar-refractivity contribution < 1.29 is 38.0 Å². The van der Waals surface area contributed by atoms with Crippen LogP contribution in [0.25, 0.3) is 0 Å². The zero-order valence-electron chi connectivity index (χ0n) is 22.9. The van der Waals surface area contributed by atoms with Gasteiger partial charge in [-0.3, -0.25) is 9.59 Å². The molecule has 0 saturated heterocycles. The lowest BCUT2D eigenvalue weighted by atomic mass is 10.2. The number of rotatable bonds is 16. The highest BCUT2D eigenvalue weighted by Gasteiger charge is 2.13. The molecule has 0 radical (unpaired) electrons. The van der Waals surface area contributed by atoms with Gasteiger partial charge in [-0.2, -0.15) is 22.0 Å². The second kappa shape index (κ2) is 16.7. The Morgan fingerprint density at radius 3 is 1.26 bits per heavy atom. The zero-order valence-corrected chi connectivity index (χ0v) is 23.7. The molecule has 0 saturated carbocycles. The van der Waals surface area contributed by atoms with E-state index in [1.165, 1.54) is 66.8 Å². The third kappa shape index (κ3) is 9.60. The predicted molar refractivity (Wildman–Crippen MR) is 150 cm³/mol. The van der Waals surface area contributed by atoms with Crippen LogP contribution < -0.4 is 39.3 Å². The predicted octanol–water partition coefficient (Wildman–Crippen LogP) is 2.85. The Labute approximate surface area is 232 Å². The van der Waals surface area contributed by atoms with Crippen molar-refractivity contribution in [1.82, 2.24) is 10.9 Å². The SMILES string of the molecule is COc1cc(C=NNC(=O)CCSCCC(=O)NN=Cc2cc(OC)c(OC)c(OC)c2)cc(OC)c1OC. The molecule has 212 valence electrons. The average Bonchev–Trinajstić information content (AvgIpc) is 2.95. The van der Waals surface area contributed by atoms with Crippen molar-refractivity contribution in [3.05, 3.63) is 35.4 Å². The van der Waals surface area contributed by atoms with Crippen LogP contribution in [-0.2, 0) is 9.59 Å². The van der Waals surface area contributed by atoms with Crippen LogP contribution in [-0.4, -0.2) is 78.4 Å². The molecule has 2 amide bonds. The molecule has 0 bridgehead atoms. The quantitative estimate of drug-likeness (QED) is 0.180. The van der Waals surface area contributed by atoms with Crippen LogP contribution in [0.1, 0.15) is 24.0 Å². The fourth-order valence-corrected chi connectivity index (χ4v) is 4.12. The second-order valence-corrected chi connectivity index (χ2v) is 8.84. The summed E-state index contributed by atoms with van der Waals surface area (Å²) in [6.07, 6.45) is 3.47. The summed E-state index contributed by atoms with van der Waals surface area (Å²) >= 11 is 1.48. The summed E-state index contributed by atoms with van der Waals surface area (Å²) in [6, 6.07) is 6.86. The molecule has 0 aliphatic rings. The highest BCUT2D eigenvalue weighted by atomic mass is 32.2. The van der Waals surface area contributed by atoms with E-state index in [-0.39, 0.29) is 24.7 Å². The third-order valence-electron chi connectivity index (χ3n) is 5.13. The number of hydrogen-bond acceptors (Lipinski definition) is 11. The molecule has 0 heterocycles. The van der Waals surface area contributed by atoms with Crippen LogP contribution in [0.2, 0.25) is 0 Å². The van der Waals surface area contributed by atoms with Gasteiger partial charge in [0, 0.05) is 35.5 Å². The first-order valence-electron chi connectivity index (χ1n) is 11.7. The normalized spacial score (nSPS) is 10.8. The van der Waals surface area contributed by atoms with Crippen LogP contribution in [0.3, 0.4) is 0 Å². The van der Waals surface area contributed by atoms with Gasteiger partial charge in [0.2, 0.25) is 23.3 Å². The molecule has 13 heteroatoms. The maximum atomic E-state index is 12.1. The summed E-state index contributed by atoms with van der Waals surface area (Å²) < 4.78 is 31.8. The molecule has 2 rings (SSSR count). The number of hydrazone groups is 2. The van der Waals surface area contributed by atoms with Gasteiger partial charge >= 0.3 is 0 Å². The van der Waals surface area contributed by atoms with Crippen LogP contribution in [0.15, 0.2) is 34.5 Å². The molecule has 0 spiro atoms. The summed E-state index contributed by atoms with van der Waals surface area (Å²) in [4.78, 5) is 24.1. The van der Waals surface area contributed by atoms with Crippen LogP contribution >= 0.6 is 11.8 Å². The largest absolute Gasteiger partial charge is 0.493 e. The number of benzene rings is 2. The summed E-state index contributed by atoms with van der Waals surface area (Å²) in [5.74, 6) is 3.45. The number of carbonyl (C=O) groups is 2. The number of methoxy groups -OCH3 is 6. The lowest BCUT2D eigenvalue weighted by Crippen LogP contribution is -2.19. The van der Waals surface area contributed by atoms with Crippen LogP contribution in [0.5, 0.6) is 34.5 Å². The lowest BCUT2D eigenvalue weighted by Gasteiger charge is -2.12. The molecular formula is C26H34N4O8S. The molecule has 0 aromatic heterocycles. The molecule has 2 N–H and O–H groups in total. The minimum absolute atomic E-state index is 0.245. The first kappa shape index (κ1) is 31.1. The first-order chi connectivity index (χ1) is 18.9. The van der Waals surface area contributed by atoms with Crippen molar-refractivity contribution in [1.29, 1.82) is 0 Å². The number of amides is 2. The molecule has 0 aliphatic heterocycles. The van der Waals surface area contributed by atoms with Gasteiger partial charge in [0.1, 0.15) is 0 Å². The van der Waals surface area contributed by atoms with E-state index in [4.69, 9.17) is 28.4 Å². The zero-order chi connectivity index (χ0) is 28.6. The number of thioether (sulfide) groups is 1. The highest BCUT2D eigenvalue weighted by Crippen LogP contribution is 2.38. The van der Waals surface area contributed by atoms with Gasteiger partial charge in [-0.1, -0.05) is 0 Å². The molecule has 39 heavy (non-hydrogen) atoms. The Kier molecular flexibility index (Phi) is 13.3. The van der Waals surface area contributed by atoms with Crippen molar-refractivity contribution in [3.63, 3.8) is 0 Å². The van der Waals surface area contributed by atoms with E-state index >= 15 is 0 Å². The Morgan fingerprint density at radius 2 is 0.974 bits per heavy atom. The molecule has 12 nitrogen and oxygen atoms in total. The summed E-state index contributed by atoms with van der Waals surface area (Å²) in [5.41, 5.74) is 6.29. The van der Waals surface area contributed by atoms with Crippen molar-refractivity contribution >= 4 is 36.0 Å². The van der Waals surface area contributed by atoms with Crippen molar-refractivity contribution in [3.8, 4) is 34.5 Å². The van der Waals surface area contributed by atoms with E-state index in [1.807, 2.05) is 0 Å². The van der Waals surface area contributed by atoms with Gasteiger partial charge in [-0.05, 0) is 24.3 Å². The van der Waals surface area contributed by atoms with Crippen molar-refractivity contribution in [2.24, 2.45) is 10.2 Å². The number of ether oxygens (including phenoxy) is 6. The fraction of sp³-hybridized carbons (Fsp3) is 0.385. The molecule has 2 aromatic rings. The van der Waals surface area contributed by atoms with Gasteiger partial charge in [-0.25, -0.2) is 10.9 Å². The van der Waals surface area contributed by atoms with Crippen LogP contribution in [0.4, 0.5) is 0 Å². The number of nitrogens with zero attached hydrogens (tertiary/aromatic N) is 2. The van der Waals surface area contributed by atoms with Gasteiger partial charge < -0.3 is 28.4 Å². The van der Waals surface area contributed by atoms with E-state index in [1.54, 1.807) is 24.3 Å². The lowest BCUT2D eigenvalue weighted by molar-refractivity contribution is -0.121. The Bertz CT molecular complexity index is 1030. The van der Waals surface area contributed by atoms with E-state index in [0.29, 0.717) is 57.1 Å². The maximum Gasteiger partial charge on any atom is 0.240 e. The standard InChI is InChI=1S/C26H34N4O8S/c1-33-19-11-17(12-20(34-2)25(19)37-5)15-27-29-23(31)7-9-39-10-8-24(32)30-28-16-18-13-21(35-3)26(38-6)22(14-18)36-4/h11-16H,7-10H2,1-6H3,(H,29,31)(H,30,32). The smallest absolute Gasteiger partial charge is 0.240 e. The number of nitrogens with one attached hydrogen (secondary N) is 2. The third-order valence-corrected chi connectivity index (χ3v) is 6.11. The van der Waals surface area contributed by atoms with E-state index in [2.05, 4.69) is 21.1 Å². The van der Waals surface area contributed by atoms with Gasteiger partial charge in [0.25, 0.3) is 0 Å². The molecule has 0 aliphatic carbocycles. The molecular weight excluding hydrogens is 528 g/mol. The Hall–Kier alpha value is -4.13. The summed E-state index contributed by atoms with van der Waals surface area (Å²) in [6.45, 7) is 0. The molecule has 0 atom stereocenters. The summed E-state index contributed by atoms with van der Waals surface area (Å²) in [5, 5.41) is 7.95. The monoisotopic (exact) mass is 562 g/mol. The number of carbonyl (C=O) groups excluding carboxylic acids is 2. The minimum atomic E-state index is -0.245. The van der Waals surface area contributed by atoms with E-state index in [0.717, 1.165) is 0 Å². The average molecular weight is 563 g/mol. The first-order valence-corrected chi connectivity index (χ1v) is 12.9. The molecule has 2 aromatic carbocycles. The number of hydrogen-bond donors (Lipinski definition) is 2. The van der Waals surface area contributed by atoms with Crippen LogP contribution in [0, 0.1) is 0 Å². The second-order valence-electron chi connectivity index (χ2n) is 7.62. The molecule has 0 fully saturated rings. The van der Waals surface area contributed by atoms with E-state index < -0.39 is 0 Å². The summed E-state index contributed by atoms with van der Waals surface area (Å²) in [7, 11) is 9.12. The minimum Gasteiger partial charge on any atom is -0.493 e. The van der Waals surface area contributed by atoms with Gasteiger partial charge in [-0.15, -0.1) is 0 Å². The maximum absolute atomic E-state index is 12.1. The van der Waals surface area contributed by atoms with Crippen molar-refractivity contribution in [2.45, 2.75) is 12.8 Å². The Morgan fingerprint density at radius 1 is 0.641 bits per heavy atom. The van der Waals surface area contributed by atoms with E-state index in [9.17, 15) is 9.59 Å². The Balaban J connectivity index is 1.71. The van der Waals surface area contributed by atoms with Gasteiger partial charge in [0.15, 0.2) is 23.0 Å².